The quantitative estimate of drug-likeness (QED) is 0.852. The van der Waals surface area contributed by atoms with Gasteiger partial charge in [0.1, 0.15) is 5.82 Å². The van der Waals surface area contributed by atoms with Crippen LogP contribution in [0, 0.1) is 11.7 Å². The molecule has 100 valence electrons. The van der Waals surface area contributed by atoms with E-state index in [2.05, 4.69) is 4.72 Å². The molecule has 2 N–H and O–H groups in total. The van der Waals surface area contributed by atoms with E-state index in [9.17, 15) is 17.6 Å². The third-order valence-corrected chi connectivity index (χ3v) is 3.58. The number of carbonyl (C=O) groups is 1. The highest BCUT2D eigenvalue weighted by atomic mass is 32.2. The van der Waals surface area contributed by atoms with Crippen LogP contribution in [0.25, 0.3) is 0 Å². The molecule has 1 aromatic rings. The average Bonchev–Trinajstić information content (AvgIpc) is 2.26. The van der Waals surface area contributed by atoms with Gasteiger partial charge in [0.25, 0.3) is 0 Å². The number of halogens is 1. The number of nitrogens with one attached hydrogen (secondary N) is 1. The van der Waals surface area contributed by atoms with Gasteiger partial charge in [-0.25, -0.2) is 22.3 Å². The van der Waals surface area contributed by atoms with E-state index in [1.165, 1.54) is 0 Å². The van der Waals surface area contributed by atoms with E-state index in [0.717, 1.165) is 18.2 Å². The van der Waals surface area contributed by atoms with E-state index in [1.54, 1.807) is 0 Å². The maximum Gasteiger partial charge on any atom is 0.338 e. The minimum atomic E-state index is -3.81. The highest BCUT2D eigenvalue weighted by Gasteiger charge is 2.18. The number of benzene rings is 1. The molecule has 0 aliphatic carbocycles. The van der Waals surface area contributed by atoms with Crippen LogP contribution in [0.1, 0.15) is 24.2 Å². The van der Waals surface area contributed by atoms with E-state index in [-0.39, 0.29) is 17.4 Å². The molecule has 5 nitrogen and oxygen atoms in total. The summed E-state index contributed by atoms with van der Waals surface area (Å²) >= 11 is 0. The first-order valence-electron chi connectivity index (χ1n) is 5.26. The van der Waals surface area contributed by atoms with Gasteiger partial charge in [0.05, 0.1) is 10.5 Å². The van der Waals surface area contributed by atoms with Crippen LogP contribution < -0.4 is 4.72 Å². The third-order valence-electron chi connectivity index (χ3n) is 2.16. The van der Waals surface area contributed by atoms with Crippen molar-refractivity contribution in [1.82, 2.24) is 4.72 Å². The predicted octanol–water partition coefficient (Wildman–Crippen LogP) is 1.46. The molecule has 0 radical (unpaired) electrons. The number of sulfonamides is 1. The summed E-state index contributed by atoms with van der Waals surface area (Å²) in [6.07, 6.45) is 0. The minimum absolute atomic E-state index is 0.110. The first-order valence-corrected chi connectivity index (χ1v) is 6.75. The van der Waals surface area contributed by atoms with Crippen molar-refractivity contribution in [3.8, 4) is 0 Å². The SMILES string of the molecule is CC(C)CNS(=O)(=O)c1ccc(F)c(C(=O)O)c1. The fraction of sp³-hybridized carbons (Fsp3) is 0.364. The number of hydrogen-bond acceptors (Lipinski definition) is 3. The first-order chi connectivity index (χ1) is 8.24. The maximum absolute atomic E-state index is 13.1. The van der Waals surface area contributed by atoms with Gasteiger partial charge in [-0.15, -0.1) is 0 Å². The van der Waals surface area contributed by atoms with Gasteiger partial charge in [0, 0.05) is 6.54 Å². The van der Waals surface area contributed by atoms with Crippen molar-refractivity contribution >= 4 is 16.0 Å². The zero-order valence-corrected chi connectivity index (χ0v) is 10.8. The van der Waals surface area contributed by atoms with Crippen LogP contribution in [0.4, 0.5) is 4.39 Å². The van der Waals surface area contributed by atoms with Gasteiger partial charge in [0.15, 0.2) is 0 Å². The van der Waals surface area contributed by atoms with Crippen molar-refractivity contribution in [2.24, 2.45) is 5.92 Å². The molecule has 0 bridgehead atoms. The Labute approximate surface area is 105 Å². The van der Waals surface area contributed by atoms with Crippen LogP contribution in [-0.4, -0.2) is 26.0 Å². The standard InChI is InChI=1S/C11H14FNO4S/c1-7(2)6-13-18(16,17)8-3-4-10(12)9(5-8)11(14)15/h3-5,7,13H,6H2,1-2H3,(H,14,15). The van der Waals surface area contributed by atoms with Gasteiger partial charge >= 0.3 is 5.97 Å². The Hall–Kier alpha value is -1.47. The van der Waals surface area contributed by atoms with Crippen molar-refractivity contribution < 1.29 is 22.7 Å². The number of carboxylic acid groups (broad SMARTS) is 1. The van der Waals surface area contributed by atoms with Crippen molar-refractivity contribution in [3.63, 3.8) is 0 Å². The Balaban J connectivity index is 3.10. The second-order valence-electron chi connectivity index (χ2n) is 4.19. The molecule has 0 amide bonds. The summed E-state index contributed by atoms with van der Waals surface area (Å²) in [6.45, 7) is 3.88. The zero-order chi connectivity index (χ0) is 13.9. The highest BCUT2D eigenvalue weighted by molar-refractivity contribution is 7.89. The topological polar surface area (TPSA) is 83.5 Å². The number of carboxylic acids is 1. The molecule has 0 unspecified atom stereocenters. The third kappa shape index (κ3) is 3.51. The molecular formula is C11H14FNO4S. The van der Waals surface area contributed by atoms with Crippen molar-refractivity contribution in [3.05, 3.63) is 29.6 Å². The predicted molar refractivity (Wildman–Crippen MR) is 63.4 cm³/mol. The zero-order valence-electron chi connectivity index (χ0n) is 9.97. The Kier molecular flexibility index (Phi) is 4.42. The molecule has 0 saturated carbocycles. The average molecular weight is 275 g/mol. The Morgan fingerprint density at radius 1 is 1.44 bits per heavy atom. The molecule has 0 aliphatic heterocycles. The minimum Gasteiger partial charge on any atom is -0.478 e. The Morgan fingerprint density at radius 3 is 2.56 bits per heavy atom. The van der Waals surface area contributed by atoms with Gasteiger partial charge in [0.2, 0.25) is 10.0 Å². The molecule has 0 heterocycles. The van der Waals surface area contributed by atoms with E-state index in [0.29, 0.717) is 0 Å². The van der Waals surface area contributed by atoms with E-state index >= 15 is 0 Å². The summed E-state index contributed by atoms with van der Waals surface area (Å²) < 4.78 is 39.0. The molecule has 0 fully saturated rings. The summed E-state index contributed by atoms with van der Waals surface area (Å²) in [5.74, 6) is -2.36. The first kappa shape index (κ1) is 14.6. The molecule has 1 aromatic carbocycles. The van der Waals surface area contributed by atoms with Crippen molar-refractivity contribution in [1.29, 1.82) is 0 Å². The lowest BCUT2D eigenvalue weighted by Crippen LogP contribution is -2.27. The highest BCUT2D eigenvalue weighted by Crippen LogP contribution is 2.15. The van der Waals surface area contributed by atoms with Crippen LogP contribution in [-0.2, 0) is 10.0 Å². The molecular weight excluding hydrogens is 261 g/mol. The summed E-state index contributed by atoms with van der Waals surface area (Å²) in [6, 6.07) is 2.66. The lowest BCUT2D eigenvalue weighted by atomic mass is 10.2. The largest absolute Gasteiger partial charge is 0.478 e. The lowest BCUT2D eigenvalue weighted by Gasteiger charge is -2.09. The molecule has 0 atom stereocenters. The summed E-state index contributed by atoms with van der Waals surface area (Å²) in [7, 11) is -3.81. The molecule has 7 heteroatoms. The molecule has 18 heavy (non-hydrogen) atoms. The fourth-order valence-corrected chi connectivity index (χ4v) is 2.43. The fourth-order valence-electron chi connectivity index (χ4n) is 1.20. The van der Waals surface area contributed by atoms with Crippen molar-refractivity contribution in [2.75, 3.05) is 6.54 Å². The van der Waals surface area contributed by atoms with Gasteiger partial charge in [-0.05, 0) is 24.1 Å². The maximum atomic E-state index is 13.1. The Morgan fingerprint density at radius 2 is 2.06 bits per heavy atom. The summed E-state index contributed by atoms with van der Waals surface area (Å²) in [4.78, 5) is 10.4. The van der Waals surface area contributed by atoms with E-state index in [1.807, 2.05) is 13.8 Å². The van der Waals surface area contributed by atoms with E-state index < -0.39 is 27.4 Å². The van der Waals surface area contributed by atoms with Gasteiger partial charge < -0.3 is 5.11 Å². The van der Waals surface area contributed by atoms with Crippen LogP contribution in [0.2, 0.25) is 0 Å². The summed E-state index contributed by atoms with van der Waals surface area (Å²) in [5, 5.41) is 8.72. The summed E-state index contributed by atoms with van der Waals surface area (Å²) in [5.41, 5.74) is -0.664. The molecule has 0 aromatic heterocycles. The van der Waals surface area contributed by atoms with Gasteiger partial charge in [-0.1, -0.05) is 13.8 Å². The second-order valence-corrected chi connectivity index (χ2v) is 5.96. The van der Waals surface area contributed by atoms with Crippen LogP contribution in [0.5, 0.6) is 0 Å². The monoisotopic (exact) mass is 275 g/mol. The van der Waals surface area contributed by atoms with Crippen LogP contribution >= 0.6 is 0 Å². The smallest absolute Gasteiger partial charge is 0.338 e. The molecule has 0 aliphatic rings. The van der Waals surface area contributed by atoms with Gasteiger partial charge in [-0.3, -0.25) is 0 Å². The number of aromatic carboxylic acids is 1. The molecule has 1 rings (SSSR count). The van der Waals surface area contributed by atoms with E-state index in [4.69, 9.17) is 5.11 Å². The van der Waals surface area contributed by atoms with Crippen LogP contribution in [0.3, 0.4) is 0 Å². The number of hydrogen-bond donors (Lipinski definition) is 2. The van der Waals surface area contributed by atoms with Crippen LogP contribution in [0.15, 0.2) is 23.1 Å². The Bertz CT molecular complexity index is 554. The van der Waals surface area contributed by atoms with Gasteiger partial charge in [-0.2, -0.15) is 0 Å². The van der Waals surface area contributed by atoms with Crippen molar-refractivity contribution in [2.45, 2.75) is 18.7 Å². The second kappa shape index (κ2) is 5.45. The normalized spacial score (nSPS) is 11.8. The lowest BCUT2D eigenvalue weighted by molar-refractivity contribution is 0.0691. The number of rotatable bonds is 5. The molecule has 0 saturated heterocycles. The molecule has 0 spiro atoms.